The lowest BCUT2D eigenvalue weighted by Gasteiger charge is -2.21. The number of amides is 1. The molecule has 0 bridgehead atoms. The van der Waals surface area contributed by atoms with Gasteiger partial charge in [-0.3, -0.25) is 4.79 Å². The highest BCUT2D eigenvalue weighted by Crippen LogP contribution is 2.32. The first kappa shape index (κ1) is 14.0. The Morgan fingerprint density at radius 2 is 2.00 bits per heavy atom. The molecular weight excluding hydrogens is 286 g/mol. The van der Waals surface area contributed by atoms with E-state index in [0.717, 1.165) is 24.2 Å². The van der Waals surface area contributed by atoms with E-state index in [1.165, 1.54) is 5.56 Å². The summed E-state index contributed by atoms with van der Waals surface area (Å²) < 4.78 is 1.89. The van der Waals surface area contributed by atoms with Gasteiger partial charge in [-0.2, -0.15) is 0 Å². The highest BCUT2D eigenvalue weighted by molar-refractivity contribution is 5.94. The minimum Gasteiger partial charge on any atom is -0.335 e. The van der Waals surface area contributed by atoms with Crippen molar-refractivity contribution in [3.05, 3.63) is 72.2 Å². The Morgan fingerprint density at radius 3 is 2.83 bits per heavy atom. The van der Waals surface area contributed by atoms with Crippen molar-refractivity contribution in [3.63, 3.8) is 0 Å². The van der Waals surface area contributed by atoms with Crippen molar-refractivity contribution in [1.29, 1.82) is 0 Å². The fourth-order valence-electron chi connectivity index (χ4n) is 3.49. The molecule has 0 saturated carbocycles. The maximum absolute atomic E-state index is 12.9. The van der Waals surface area contributed by atoms with E-state index in [1.807, 2.05) is 39.9 Å². The quantitative estimate of drug-likeness (QED) is 0.728. The highest BCUT2D eigenvalue weighted by Gasteiger charge is 2.33. The maximum Gasteiger partial charge on any atom is 0.255 e. The summed E-state index contributed by atoms with van der Waals surface area (Å²) in [5.41, 5.74) is 2.90. The molecule has 1 fully saturated rings. The van der Waals surface area contributed by atoms with Crippen LogP contribution >= 0.6 is 0 Å². The number of rotatable bonds is 2. The number of carbonyl (C=O) groups excluding carboxylic acids is 1. The molecule has 1 amide bonds. The molecule has 3 heterocycles. The summed E-state index contributed by atoms with van der Waals surface area (Å²) in [6.45, 7) is 2.92. The average Bonchev–Trinajstić information content (AvgIpc) is 3.20. The number of fused-ring (bicyclic) bond motifs is 1. The fourth-order valence-corrected chi connectivity index (χ4v) is 3.49. The number of carbonyl (C=O) groups is 1. The van der Waals surface area contributed by atoms with Gasteiger partial charge >= 0.3 is 0 Å². The van der Waals surface area contributed by atoms with Crippen LogP contribution in [0.4, 0.5) is 0 Å². The third kappa shape index (κ3) is 2.50. The summed E-state index contributed by atoms with van der Waals surface area (Å²) in [5, 5.41) is 0. The number of benzene rings is 1. The first-order valence-corrected chi connectivity index (χ1v) is 8.01. The van der Waals surface area contributed by atoms with Gasteiger partial charge in [0.25, 0.3) is 5.91 Å². The molecule has 4 heteroatoms. The summed E-state index contributed by atoms with van der Waals surface area (Å²) >= 11 is 0. The molecule has 116 valence electrons. The van der Waals surface area contributed by atoms with Crippen LogP contribution in [0, 0.1) is 0 Å². The van der Waals surface area contributed by atoms with Gasteiger partial charge in [-0.05, 0) is 31.0 Å². The molecule has 0 N–H and O–H groups in total. The van der Waals surface area contributed by atoms with E-state index in [2.05, 4.69) is 36.2 Å². The standard InChI is InChI=1S/C19H19N3O/c1-14-11-17(15-5-3-2-4-6-15)13-22(14)19(23)16-7-8-18-20-9-10-21(18)12-16/h2-10,12,14,17H,11,13H2,1H3/t14-,17-/m1/s1. The monoisotopic (exact) mass is 305 g/mol. The van der Waals surface area contributed by atoms with Crippen LogP contribution in [0.15, 0.2) is 61.1 Å². The summed E-state index contributed by atoms with van der Waals surface area (Å²) in [6.07, 6.45) is 6.50. The molecular formula is C19H19N3O. The number of imidazole rings is 1. The average molecular weight is 305 g/mol. The van der Waals surface area contributed by atoms with Gasteiger partial charge in [0, 0.05) is 37.1 Å². The van der Waals surface area contributed by atoms with Crippen LogP contribution in [0.3, 0.4) is 0 Å². The predicted molar refractivity (Wildman–Crippen MR) is 89.5 cm³/mol. The Kier molecular flexibility index (Phi) is 3.37. The van der Waals surface area contributed by atoms with Crippen molar-refractivity contribution < 1.29 is 4.79 Å². The molecule has 2 aromatic heterocycles. The molecule has 4 rings (SSSR count). The predicted octanol–water partition coefficient (Wildman–Crippen LogP) is 3.35. The van der Waals surface area contributed by atoms with Gasteiger partial charge in [-0.15, -0.1) is 0 Å². The maximum atomic E-state index is 12.9. The Balaban J connectivity index is 1.58. The molecule has 1 saturated heterocycles. The molecule has 23 heavy (non-hydrogen) atoms. The lowest BCUT2D eigenvalue weighted by Crippen LogP contribution is -2.34. The van der Waals surface area contributed by atoms with Crippen LogP contribution in [0.2, 0.25) is 0 Å². The second-order valence-corrected chi connectivity index (χ2v) is 6.26. The molecule has 1 aromatic carbocycles. The minimum absolute atomic E-state index is 0.103. The fraction of sp³-hybridized carbons (Fsp3) is 0.263. The van der Waals surface area contributed by atoms with E-state index in [4.69, 9.17) is 0 Å². The first-order chi connectivity index (χ1) is 11.2. The van der Waals surface area contributed by atoms with Crippen LogP contribution in [0.1, 0.15) is 35.2 Å². The second kappa shape index (κ2) is 5.54. The third-order valence-corrected chi connectivity index (χ3v) is 4.74. The highest BCUT2D eigenvalue weighted by atomic mass is 16.2. The van der Waals surface area contributed by atoms with Crippen molar-refractivity contribution in [2.75, 3.05) is 6.54 Å². The molecule has 0 radical (unpaired) electrons. The zero-order valence-electron chi connectivity index (χ0n) is 13.1. The molecule has 2 atom stereocenters. The van der Waals surface area contributed by atoms with Crippen LogP contribution in [-0.2, 0) is 0 Å². The second-order valence-electron chi connectivity index (χ2n) is 6.26. The molecule has 0 unspecified atom stereocenters. The Bertz CT molecular complexity index is 840. The zero-order valence-corrected chi connectivity index (χ0v) is 13.1. The van der Waals surface area contributed by atoms with Gasteiger partial charge in [0.05, 0.1) is 5.56 Å². The van der Waals surface area contributed by atoms with E-state index in [0.29, 0.717) is 5.92 Å². The summed E-state index contributed by atoms with van der Waals surface area (Å²) in [5.74, 6) is 0.527. The lowest BCUT2D eigenvalue weighted by atomic mass is 9.97. The molecule has 0 aliphatic carbocycles. The lowest BCUT2D eigenvalue weighted by molar-refractivity contribution is 0.0745. The minimum atomic E-state index is 0.103. The van der Waals surface area contributed by atoms with Crippen LogP contribution in [0.25, 0.3) is 5.65 Å². The zero-order chi connectivity index (χ0) is 15.8. The molecule has 1 aliphatic rings. The van der Waals surface area contributed by atoms with E-state index in [9.17, 15) is 4.79 Å². The largest absolute Gasteiger partial charge is 0.335 e. The van der Waals surface area contributed by atoms with Crippen molar-refractivity contribution in [2.45, 2.75) is 25.3 Å². The van der Waals surface area contributed by atoms with Crippen molar-refractivity contribution in [2.24, 2.45) is 0 Å². The first-order valence-electron chi connectivity index (χ1n) is 8.01. The molecule has 0 spiro atoms. The number of hydrogen-bond acceptors (Lipinski definition) is 2. The summed E-state index contributed by atoms with van der Waals surface area (Å²) in [6, 6.07) is 14.5. The van der Waals surface area contributed by atoms with Gasteiger partial charge in [-0.25, -0.2) is 4.98 Å². The van der Waals surface area contributed by atoms with Gasteiger partial charge in [-0.1, -0.05) is 30.3 Å². The van der Waals surface area contributed by atoms with E-state index in [-0.39, 0.29) is 11.9 Å². The van der Waals surface area contributed by atoms with Crippen LogP contribution in [0.5, 0.6) is 0 Å². The van der Waals surface area contributed by atoms with E-state index in [1.54, 1.807) is 6.20 Å². The number of nitrogens with zero attached hydrogens (tertiary/aromatic N) is 3. The Morgan fingerprint density at radius 1 is 1.17 bits per heavy atom. The van der Waals surface area contributed by atoms with Crippen LogP contribution < -0.4 is 0 Å². The van der Waals surface area contributed by atoms with E-state index < -0.39 is 0 Å². The van der Waals surface area contributed by atoms with Gasteiger partial charge < -0.3 is 9.30 Å². The normalized spacial score (nSPS) is 21.0. The Hall–Kier alpha value is -2.62. The number of aromatic nitrogens is 2. The van der Waals surface area contributed by atoms with E-state index >= 15 is 0 Å². The van der Waals surface area contributed by atoms with Crippen LogP contribution in [-0.4, -0.2) is 32.8 Å². The SMILES string of the molecule is C[C@@H]1C[C@@H](c2ccccc2)CN1C(=O)c1ccc2nccn2c1. The van der Waals surface area contributed by atoms with Crippen molar-refractivity contribution in [1.82, 2.24) is 14.3 Å². The number of pyridine rings is 1. The Labute approximate surface area is 135 Å². The smallest absolute Gasteiger partial charge is 0.255 e. The number of hydrogen-bond donors (Lipinski definition) is 0. The summed E-state index contributed by atoms with van der Waals surface area (Å²) in [7, 11) is 0. The topological polar surface area (TPSA) is 37.6 Å². The van der Waals surface area contributed by atoms with Gasteiger partial charge in [0.15, 0.2) is 0 Å². The van der Waals surface area contributed by atoms with Gasteiger partial charge in [0.2, 0.25) is 0 Å². The molecule has 1 aliphatic heterocycles. The van der Waals surface area contributed by atoms with Gasteiger partial charge in [0.1, 0.15) is 5.65 Å². The molecule has 3 aromatic rings. The van der Waals surface area contributed by atoms with Crippen molar-refractivity contribution in [3.8, 4) is 0 Å². The third-order valence-electron chi connectivity index (χ3n) is 4.74. The number of likely N-dealkylation sites (tertiary alicyclic amines) is 1. The summed E-state index contributed by atoms with van der Waals surface area (Å²) in [4.78, 5) is 19.1. The van der Waals surface area contributed by atoms with Crippen molar-refractivity contribution >= 4 is 11.6 Å². The molecule has 4 nitrogen and oxygen atoms in total.